The molecule has 3 rings (SSSR count). The summed E-state index contributed by atoms with van der Waals surface area (Å²) in [5, 5.41) is 2.62. The number of carbonyl (C=O) groups excluding carboxylic acids is 1. The van der Waals surface area contributed by atoms with Gasteiger partial charge < -0.3 is 10.1 Å². The summed E-state index contributed by atoms with van der Waals surface area (Å²) in [4.78, 5) is 12.7. The van der Waals surface area contributed by atoms with Crippen LogP contribution in [0.4, 0.5) is 17.1 Å². The molecule has 0 aliphatic heterocycles. The van der Waals surface area contributed by atoms with Gasteiger partial charge in [-0.15, -0.1) is 0 Å². The van der Waals surface area contributed by atoms with Crippen LogP contribution in [0.3, 0.4) is 0 Å². The van der Waals surface area contributed by atoms with Crippen molar-refractivity contribution < 1.29 is 26.4 Å². The first-order valence-electron chi connectivity index (χ1n) is 10.9. The molecule has 9 nitrogen and oxygen atoms in total. The van der Waals surface area contributed by atoms with Crippen LogP contribution in [0.5, 0.6) is 5.75 Å². The smallest absolute Gasteiger partial charge is 0.262 e. The van der Waals surface area contributed by atoms with Gasteiger partial charge in [0.25, 0.3) is 10.0 Å². The van der Waals surface area contributed by atoms with Crippen LogP contribution in [-0.4, -0.2) is 42.7 Å². The topological polar surface area (TPSA) is 122 Å². The number of benzene rings is 3. The van der Waals surface area contributed by atoms with Gasteiger partial charge in [0.05, 0.1) is 29.6 Å². The first-order chi connectivity index (χ1) is 16.8. The molecule has 0 atom stereocenters. The Labute approximate surface area is 212 Å². The number of nitrogens with one attached hydrogen (secondary N) is 2. The summed E-state index contributed by atoms with van der Waals surface area (Å²) in [5.74, 6) is -0.188. The van der Waals surface area contributed by atoms with E-state index in [0.29, 0.717) is 28.4 Å². The van der Waals surface area contributed by atoms with Crippen LogP contribution in [0.25, 0.3) is 0 Å². The van der Waals surface area contributed by atoms with E-state index >= 15 is 0 Å². The van der Waals surface area contributed by atoms with Crippen LogP contribution in [0.15, 0.2) is 65.6 Å². The minimum Gasteiger partial charge on any atom is -0.495 e. The fraction of sp³-hybridized carbons (Fsp3) is 0.240. The number of hydrogen-bond donors (Lipinski definition) is 2. The first kappa shape index (κ1) is 27.0. The maximum Gasteiger partial charge on any atom is 0.262 e. The van der Waals surface area contributed by atoms with E-state index in [0.717, 1.165) is 21.7 Å². The van der Waals surface area contributed by atoms with Crippen molar-refractivity contribution in [2.75, 3.05) is 34.3 Å². The fourth-order valence-electron chi connectivity index (χ4n) is 3.52. The van der Waals surface area contributed by atoms with Crippen LogP contribution in [-0.2, 0) is 24.8 Å². The zero-order chi connectivity index (χ0) is 26.7. The van der Waals surface area contributed by atoms with Crippen LogP contribution in [0.1, 0.15) is 16.7 Å². The van der Waals surface area contributed by atoms with Crippen molar-refractivity contribution in [1.82, 2.24) is 0 Å². The molecule has 0 heterocycles. The number of anilines is 3. The maximum absolute atomic E-state index is 12.9. The molecule has 0 bridgehead atoms. The lowest BCUT2D eigenvalue weighted by Crippen LogP contribution is -2.37. The molecule has 0 aliphatic rings. The Hall–Kier alpha value is -3.57. The predicted octanol–water partition coefficient (Wildman–Crippen LogP) is 3.83. The number of nitrogens with zero attached hydrogens (tertiary/aromatic N) is 1. The SMILES string of the molecule is COc1ccc(C)cc1NS(=O)(=O)c1ccc(NC(=O)CN(c2cc(C)ccc2C)S(C)(=O)=O)cc1. The number of hydrogen-bond acceptors (Lipinski definition) is 6. The molecule has 0 radical (unpaired) electrons. The van der Waals surface area contributed by atoms with Crippen molar-refractivity contribution in [2.45, 2.75) is 25.7 Å². The van der Waals surface area contributed by atoms with Crippen LogP contribution < -0.4 is 19.1 Å². The lowest BCUT2D eigenvalue weighted by atomic mass is 10.1. The third-order valence-electron chi connectivity index (χ3n) is 5.37. The molecule has 36 heavy (non-hydrogen) atoms. The van der Waals surface area contributed by atoms with Crippen LogP contribution >= 0.6 is 0 Å². The van der Waals surface area contributed by atoms with E-state index in [2.05, 4.69) is 10.0 Å². The van der Waals surface area contributed by atoms with Crippen molar-refractivity contribution >= 4 is 43.0 Å². The summed E-state index contributed by atoms with van der Waals surface area (Å²) in [5.41, 5.74) is 3.48. The van der Waals surface area contributed by atoms with E-state index < -0.39 is 32.5 Å². The average molecular weight is 532 g/mol. The van der Waals surface area contributed by atoms with E-state index in [-0.39, 0.29) is 4.90 Å². The summed E-state index contributed by atoms with van der Waals surface area (Å²) in [6, 6.07) is 16.1. The molecule has 0 aromatic heterocycles. The standard InChI is InChI=1S/C25H29N3O6S2/c1-17-7-13-24(34-4)22(14-17)27-36(32,33)21-11-9-20(10-12-21)26-25(29)16-28(35(5,30)31)23-15-18(2)6-8-19(23)3/h6-15,27H,16H2,1-5H3,(H,26,29). The summed E-state index contributed by atoms with van der Waals surface area (Å²) in [6.07, 6.45) is 1.04. The molecule has 2 N–H and O–H groups in total. The van der Waals surface area contributed by atoms with Gasteiger partial charge in [-0.25, -0.2) is 16.8 Å². The van der Waals surface area contributed by atoms with Gasteiger partial charge in [-0.05, 0) is 79.9 Å². The third kappa shape index (κ3) is 6.55. The van der Waals surface area contributed by atoms with Gasteiger partial charge >= 0.3 is 0 Å². The number of carbonyl (C=O) groups is 1. The maximum atomic E-state index is 12.9. The molecule has 0 unspecified atom stereocenters. The van der Waals surface area contributed by atoms with Gasteiger partial charge in [0, 0.05) is 5.69 Å². The Morgan fingerprint density at radius 3 is 2.11 bits per heavy atom. The van der Waals surface area contributed by atoms with Crippen molar-refractivity contribution in [3.8, 4) is 5.75 Å². The fourth-order valence-corrected chi connectivity index (χ4v) is 5.49. The number of ether oxygens (including phenoxy) is 1. The van der Waals surface area contributed by atoms with Gasteiger partial charge in [0.2, 0.25) is 15.9 Å². The molecule has 0 spiro atoms. The molecule has 3 aromatic carbocycles. The van der Waals surface area contributed by atoms with Crippen molar-refractivity contribution in [3.63, 3.8) is 0 Å². The quantitative estimate of drug-likeness (QED) is 0.433. The van der Waals surface area contributed by atoms with Gasteiger partial charge in [-0.1, -0.05) is 18.2 Å². The molecule has 0 saturated carbocycles. The summed E-state index contributed by atoms with van der Waals surface area (Å²) < 4.78 is 59.3. The van der Waals surface area contributed by atoms with Gasteiger partial charge in [0.1, 0.15) is 12.3 Å². The van der Waals surface area contributed by atoms with Crippen molar-refractivity contribution in [2.24, 2.45) is 0 Å². The Kier molecular flexibility index (Phi) is 7.95. The number of amides is 1. The lowest BCUT2D eigenvalue weighted by Gasteiger charge is -2.24. The van der Waals surface area contributed by atoms with E-state index in [9.17, 15) is 21.6 Å². The van der Waals surface area contributed by atoms with Gasteiger partial charge in [0.15, 0.2) is 0 Å². The van der Waals surface area contributed by atoms with Gasteiger partial charge in [-0.2, -0.15) is 0 Å². The largest absolute Gasteiger partial charge is 0.495 e. The highest BCUT2D eigenvalue weighted by Crippen LogP contribution is 2.28. The molecule has 0 saturated heterocycles. The highest BCUT2D eigenvalue weighted by molar-refractivity contribution is 7.92. The first-order valence-corrected chi connectivity index (χ1v) is 14.3. The molecule has 192 valence electrons. The van der Waals surface area contributed by atoms with Crippen LogP contribution in [0, 0.1) is 20.8 Å². The second kappa shape index (κ2) is 10.6. The molecular formula is C25H29N3O6S2. The van der Waals surface area contributed by atoms with Gasteiger partial charge in [-0.3, -0.25) is 13.8 Å². The normalized spacial score (nSPS) is 11.6. The van der Waals surface area contributed by atoms with E-state index in [1.54, 1.807) is 37.3 Å². The minimum absolute atomic E-state index is 0.0165. The molecule has 11 heteroatoms. The zero-order valence-corrected chi connectivity index (χ0v) is 22.3. The molecule has 3 aromatic rings. The highest BCUT2D eigenvalue weighted by atomic mass is 32.2. The zero-order valence-electron chi connectivity index (χ0n) is 20.7. The average Bonchev–Trinajstić information content (AvgIpc) is 2.79. The summed E-state index contributed by atoms with van der Waals surface area (Å²) >= 11 is 0. The van der Waals surface area contributed by atoms with Crippen molar-refractivity contribution in [1.29, 1.82) is 0 Å². The summed E-state index contributed by atoms with van der Waals surface area (Å²) in [6.45, 7) is 5.01. The Morgan fingerprint density at radius 1 is 0.889 bits per heavy atom. The monoisotopic (exact) mass is 531 g/mol. The predicted molar refractivity (Wildman–Crippen MR) is 142 cm³/mol. The Bertz CT molecular complexity index is 1480. The lowest BCUT2D eigenvalue weighted by molar-refractivity contribution is -0.114. The second-order valence-electron chi connectivity index (χ2n) is 8.44. The number of rotatable bonds is 9. The highest BCUT2D eigenvalue weighted by Gasteiger charge is 2.23. The second-order valence-corrected chi connectivity index (χ2v) is 12.0. The molecule has 1 amide bonds. The minimum atomic E-state index is -3.92. The number of aryl methyl sites for hydroxylation is 3. The Morgan fingerprint density at radius 2 is 1.50 bits per heavy atom. The van der Waals surface area contributed by atoms with Crippen LogP contribution in [0.2, 0.25) is 0 Å². The number of methoxy groups -OCH3 is 1. The van der Waals surface area contributed by atoms with E-state index in [1.165, 1.54) is 31.4 Å². The molecular weight excluding hydrogens is 502 g/mol. The van der Waals surface area contributed by atoms with E-state index in [1.807, 2.05) is 19.9 Å². The summed E-state index contributed by atoms with van der Waals surface area (Å²) in [7, 11) is -6.21. The molecule has 0 aliphatic carbocycles. The molecule has 0 fully saturated rings. The van der Waals surface area contributed by atoms with Crippen molar-refractivity contribution in [3.05, 3.63) is 77.4 Å². The Balaban J connectivity index is 1.76. The van der Waals surface area contributed by atoms with E-state index in [4.69, 9.17) is 4.74 Å². The number of sulfonamides is 2. The third-order valence-corrected chi connectivity index (χ3v) is 7.88.